The Kier molecular flexibility index (Phi) is 6.75. The van der Waals surface area contributed by atoms with Crippen molar-refractivity contribution in [2.75, 3.05) is 42.6 Å². The quantitative estimate of drug-likeness (QED) is 0.568. The minimum Gasteiger partial charge on any atom is -0.507 e. The summed E-state index contributed by atoms with van der Waals surface area (Å²) in [4.78, 5) is 18.1. The van der Waals surface area contributed by atoms with E-state index in [0.29, 0.717) is 58.3 Å². The molecule has 0 saturated carbocycles. The Hall–Kier alpha value is -3.37. The number of ether oxygens (including phenoxy) is 5. The largest absolute Gasteiger partial charge is 0.507 e. The van der Waals surface area contributed by atoms with Gasteiger partial charge in [-0.25, -0.2) is 0 Å². The first-order chi connectivity index (χ1) is 18.6. The molecular weight excluding hydrogens is 504 g/mol. The van der Waals surface area contributed by atoms with Crippen LogP contribution in [0.25, 0.3) is 0 Å². The summed E-state index contributed by atoms with van der Waals surface area (Å²) in [5.41, 5.74) is 3.86. The van der Waals surface area contributed by atoms with Gasteiger partial charge in [0.1, 0.15) is 17.6 Å². The zero-order valence-electron chi connectivity index (χ0n) is 24.0. The standard InChI is InChI=1S/C29H38N2O8/c1-10-15-18-19(22(32)12(2)25(36-6)28(18)39-9)23(33)21-20-17-14(11-16(30(20)4)29(34)31(15)21)24(35-5)13(3)26(37-7)27(17)38-8/h15-16,20-21,23,32-33H,10-11H2,1-9H3/t15-,16-,20+,21?,23?/m0/s1. The third kappa shape index (κ3) is 3.37. The second-order valence-electron chi connectivity index (χ2n) is 10.4. The Morgan fingerprint density at radius 1 is 0.821 bits per heavy atom. The van der Waals surface area contributed by atoms with Gasteiger partial charge in [-0.1, -0.05) is 6.92 Å². The van der Waals surface area contributed by atoms with Crippen molar-refractivity contribution in [2.45, 2.75) is 63.9 Å². The van der Waals surface area contributed by atoms with Gasteiger partial charge in [-0.15, -0.1) is 0 Å². The zero-order chi connectivity index (χ0) is 28.5. The maximum Gasteiger partial charge on any atom is 0.241 e. The van der Waals surface area contributed by atoms with Crippen LogP contribution in [0.3, 0.4) is 0 Å². The average Bonchev–Trinajstić information content (AvgIpc) is 2.92. The highest BCUT2D eigenvalue weighted by atomic mass is 16.5. The molecule has 3 aliphatic rings. The lowest BCUT2D eigenvalue weighted by molar-refractivity contribution is -0.166. The van der Waals surface area contributed by atoms with Crippen LogP contribution < -0.4 is 23.7 Å². The van der Waals surface area contributed by atoms with Crippen molar-refractivity contribution in [2.24, 2.45) is 0 Å². The monoisotopic (exact) mass is 542 g/mol. The number of fused-ring (bicyclic) bond motifs is 7. The van der Waals surface area contributed by atoms with Crippen molar-refractivity contribution >= 4 is 5.91 Å². The molecule has 2 unspecified atom stereocenters. The number of methoxy groups -OCH3 is 5. The molecule has 0 aromatic heterocycles. The lowest BCUT2D eigenvalue weighted by atomic mass is 9.71. The second kappa shape index (κ2) is 9.67. The van der Waals surface area contributed by atoms with E-state index in [1.807, 2.05) is 25.8 Å². The molecule has 0 aliphatic carbocycles. The van der Waals surface area contributed by atoms with Gasteiger partial charge in [0.05, 0.1) is 59.7 Å². The molecule has 1 fully saturated rings. The minimum absolute atomic E-state index is 0.0625. The number of carbonyl (C=O) groups excluding carboxylic acids is 1. The average molecular weight is 543 g/mol. The topological polar surface area (TPSA) is 110 Å². The number of aliphatic hydroxyl groups is 1. The summed E-state index contributed by atoms with van der Waals surface area (Å²) in [6, 6.07) is -2.15. The van der Waals surface area contributed by atoms with Crippen molar-refractivity contribution in [1.29, 1.82) is 0 Å². The summed E-state index contributed by atoms with van der Waals surface area (Å²) in [6.07, 6.45) is -0.279. The van der Waals surface area contributed by atoms with Crippen molar-refractivity contribution in [3.05, 3.63) is 33.4 Å². The number of hydrogen-bond acceptors (Lipinski definition) is 9. The fraction of sp³-hybridized carbons (Fsp3) is 0.552. The van der Waals surface area contributed by atoms with E-state index in [0.717, 1.165) is 16.7 Å². The summed E-state index contributed by atoms with van der Waals surface area (Å²) < 4.78 is 29.0. The van der Waals surface area contributed by atoms with Gasteiger partial charge in [0.15, 0.2) is 23.0 Å². The number of phenolic OH excluding ortho intramolecular Hbond substituents is 1. The van der Waals surface area contributed by atoms with E-state index in [2.05, 4.69) is 0 Å². The van der Waals surface area contributed by atoms with Gasteiger partial charge in [0, 0.05) is 39.8 Å². The first-order valence-electron chi connectivity index (χ1n) is 13.1. The number of amides is 1. The SMILES string of the molecule is CC[C@H]1c2c(OC)c(OC)c(C)c(O)c2C(O)C2[C@H]3c4c(c(OC)c(C)c(OC)c4OC)C[C@@H](C(=O)N21)N3C. The third-order valence-electron chi connectivity index (χ3n) is 8.93. The van der Waals surface area contributed by atoms with E-state index in [-0.39, 0.29) is 11.7 Å². The van der Waals surface area contributed by atoms with Gasteiger partial charge in [-0.05, 0) is 27.3 Å². The van der Waals surface area contributed by atoms with Crippen LogP contribution in [0.1, 0.15) is 64.9 Å². The Bertz CT molecular complexity index is 1340. The van der Waals surface area contributed by atoms with Gasteiger partial charge in [0.2, 0.25) is 5.91 Å². The molecule has 2 aromatic rings. The summed E-state index contributed by atoms with van der Waals surface area (Å²) in [6.45, 7) is 5.61. The highest BCUT2D eigenvalue weighted by Gasteiger charge is 2.59. The maximum absolute atomic E-state index is 14.3. The first kappa shape index (κ1) is 27.2. The number of aliphatic hydroxyl groups excluding tert-OH is 1. The van der Waals surface area contributed by atoms with E-state index >= 15 is 0 Å². The number of benzene rings is 2. The number of piperazine rings is 1. The Labute approximate surface area is 229 Å². The molecule has 3 aliphatic heterocycles. The van der Waals surface area contributed by atoms with Crippen molar-refractivity contribution in [1.82, 2.24) is 9.80 Å². The van der Waals surface area contributed by atoms with Crippen LogP contribution in [0.5, 0.6) is 34.5 Å². The summed E-state index contributed by atoms with van der Waals surface area (Å²) >= 11 is 0. The van der Waals surface area contributed by atoms with Crippen LogP contribution in [0, 0.1) is 13.8 Å². The maximum atomic E-state index is 14.3. The van der Waals surface area contributed by atoms with Gasteiger partial charge in [-0.3, -0.25) is 9.69 Å². The van der Waals surface area contributed by atoms with Crippen molar-refractivity contribution < 1.29 is 38.7 Å². The normalized spacial score (nSPS) is 25.4. The van der Waals surface area contributed by atoms with Crippen molar-refractivity contribution in [3.8, 4) is 34.5 Å². The molecule has 1 amide bonds. The lowest BCUT2D eigenvalue weighted by Crippen LogP contribution is -2.67. The zero-order valence-corrected chi connectivity index (χ0v) is 24.0. The van der Waals surface area contributed by atoms with Crippen LogP contribution in [-0.2, 0) is 11.2 Å². The molecule has 10 nitrogen and oxygen atoms in total. The molecule has 5 atom stereocenters. The second-order valence-corrected chi connectivity index (χ2v) is 10.4. The molecule has 5 rings (SSSR count). The Balaban J connectivity index is 1.86. The van der Waals surface area contributed by atoms with Crippen LogP contribution in [0.4, 0.5) is 0 Å². The molecular formula is C29H38N2O8. The van der Waals surface area contributed by atoms with Gasteiger partial charge in [-0.2, -0.15) is 0 Å². The highest BCUT2D eigenvalue weighted by Crippen LogP contribution is 2.61. The summed E-state index contributed by atoms with van der Waals surface area (Å²) in [7, 11) is 9.72. The molecule has 0 spiro atoms. The van der Waals surface area contributed by atoms with E-state index in [1.54, 1.807) is 33.2 Å². The molecule has 0 radical (unpaired) electrons. The number of likely N-dealkylation sites (N-methyl/N-ethyl adjacent to an activating group) is 1. The molecule has 10 heteroatoms. The number of hydrogen-bond donors (Lipinski definition) is 2. The number of aromatic hydroxyl groups is 1. The van der Waals surface area contributed by atoms with E-state index < -0.39 is 30.3 Å². The third-order valence-corrected chi connectivity index (χ3v) is 8.93. The smallest absolute Gasteiger partial charge is 0.241 e. The number of rotatable bonds is 6. The molecule has 2 bridgehead atoms. The van der Waals surface area contributed by atoms with Gasteiger partial charge in [0.25, 0.3) is 0 Å². The fourth-order valence-electron chi connectivity index (χ4n) is 7.33. The van der Waals surface area contributed by atoms with Crippen molar-refractivity contribution in [3.63, 3.8) is 0 Å². The van der Waals surface area contributed by atoms with Crippen LogP contribution in [0.2, 0.25) is 0 Å². The number of carbonyl (C=O) groups is 1. The predicted octanol–water partition coefficient (Wildman–Crippen LogP) is 3.36. The van der Waals surface area contributed by atoms with E-state index in [4.69, 9.17) is 23.7 Å². The highest BCUT2D eigenvalue weighted by molar-refractivity contribution is 5.87. The first-order valence-corrected chi connectivity index (χ1v) is 13.1. The van der Waals surface area contributed by atoms with E-state index in [9.17, 15) is 15.0 Å². The van der Waals surface area contributed by atoms with Crippen LogP contribution in [-0.4, -0.2) is 80.6 Å². The Morgan fingerprint density at radius 2 is 1.36 bits per heavy atom. The van der Waals surface area contributed by atoms with Gasteiger partial charge < -0.3 is 38.8 Å². The molecule has 212 valence electrons. The molecule has 39 heavy (non-hydrogen) atoms. The summed E-state index contributed by atoms with van der Waals surface area (Å²) in [5, 5.41) is 23.5. The molecule has 3 heterocycles. The fourth-order valence-corrected chi connectivity index (χ4v) is 7.33. The van der Waals surface area contributed by atoms with Crippen LogP contribution in [0.15, 0.2) is 0 Å². The summed E-state index contributed by atoms with van der Waals surface area (Å²) in [5.74, 6) is 2.39. The minimum atomic E-state index is -1.23. The van der Waals surface area contributed by atoms with Crippen LogP contribution >= 0.6 is 0 Å². The molecule has 2 N–H and O–H groups in total. The number of nitrogens with zero attached hydrogens (tertiary/aromatic N) is 2. The van der Waals surface area contributed by atoms with E-state index in [1.165, 1.54) is 14.2 Å². The number of phenols is 1. The molecule has 2 aromatic carbocycles. The molecule has 1 saturated heterocycles. The van der Waals surface area contributed by atoms with Gasteiger partial charge >= 0.3 is 0 Å². The Morgan fingerprint density at radius 3 is 1.90 bits per heavy atom. The predicted molar refractivity (Wildman–Crippen MR) is 143 cm³/mol. The lowest BCUT2D eigenvalue weighted by Gasteiger charge is -2.58.